The van der Waals surface area contributed by atoms with Crippen molar-refractivity contribution in [2.24, 2.45) is 7.05 Å². The number of anilines is 1. The number of rotatable bonds is 1. The summed E-state index contributed by atoms with van der Waals surface area (Å²) >= 11 is 0. The lowest BCUT2D eigenvalue weighted by molar-refractivity contribution is 0.0572. The van der Waals surface area contributed by atoms with Gasteiger partial charge in [0.25, 0.3) is 5.91 Å². The Morgan fingerprint density at radius 1 is 1.41 bits per heavy atom. The zero-order valence-corrected chi connectivity index (χ0v) is 9.79. The van der Waals surface area contributed by atoms with Crippen molar-refractivity contribution >= 4 is 11.6 Å². The average molecular weight is 240 g/mol. The molecule has 1 aromatic rings. The minimum Gasteiger partial charge on any atom is -0.395 e. The quantitative estimate of drug-likeness (QED) is 0.553. The first-order valence-corrected chi connectivity index (χ1v) is 5.36. The minimum atomic E-state index is -0.894. The standard InChI is InChI=1S/C10H16N4O3/c1-5-8(11)9(13(2)12-5)10(17)14-3-6(15)7(16)4-14/h6-7,15-16H,3-4,11H2,1-2H3. The summed E-state index contributed by atoms with van der Waals surface area (Å²) in [5.74, 6) is -0.318. The molecule has 1 aliphatic rings. The van der Waals surface area contributed by atoms with Gasteiger partial charge in [-0.05, 0) is 6.92 Å². The molecule has 7 heteroatoms. The molecular weight excluding hydrogens is 224 g/mol. The van der Waals surface area contributed by atoms with Gasteiger partial charge in [0.15, 0.2) is 0 Å². The molecule has 2 unspecified atom stereocenters. The predicted molar refractivity (Wildman–Crippen MR) is 60.3 cm³/mol. The van der Waals surface area contributed by atoms with Crippen molar-refractivity contribution < 1.29 is 15.0 Å². The highest BCUT2D eigenvalue weighted by atomic mass is 16.3. The van der Waals surface area contributed by atoms with E-state index in [0.29, 0.717) is 17.1 Å². The second-order valence-corrected chi connectivity index (χ2v) is 4.32. The van der Waals surface area contributed by atoms with Crippen molar-refractivity contribution in [2.45, 2.75) is 19.1 Å². The number of β-amino-alcohol motifs (C(OH)–C–C–N with tert-alkyl or cyclic N) is 2. The van der Waals surface area contributed by atoms with Crippen molar-refractivity contribution in [2.75, 3.05) is 18.8 Å². The highest BCUT2D eigenvalue weighted by molar-refractivity contribution is 5.98. The van der Waals surface area contributed by atoms with Crippen LogP contribution in [0.15, 0.2) is 0 Å². The number of nitrogen functional groups attached to an aromatic ring is 1. The van der Waals surface area contributed by atoms with E-state index in [4.69, 9.17) is 5.73 Å². The van der Waals surface area contributed by atoms with Gasteiger partial charge in [0.2, 0.25) is 0 Å². The summed E-state index contributed by atoms with van der Waals surface area (Å²) in [5.41, 5.74) is 7.02. The lowest BCUT2D eigenvalue weighted by atomic mass is 10.3. The Hall–Kier alpha value is -1.60. The van der Waals surface area contributed by atoms with Gasteiger partial charge in [-0.15, -0.1) is 0 Å². The number of nitrogens with two attached hydrogens (primary N) is 1. The van der Waals surface area contributed by atoms with Gasteiger partial charge in [0.1, 0.15) is 5.69 Å². The average Bonchev–Trinajstić information content (AvgIpc) is 2.70. The molecule has 1 fully saturated rings. The van der Waals surface area contributed by atoms with E-state index in [9.17, 15) is 15.0 Å². The smallest absolute Gasteiger partial charge is 0.274 e. The molecule has 2 atom stereocenters. The molecule has 7 nitrogen and oxygen atoms in total. The number of hydrogen-bond acceptors (Lipinski definition) is 5. The summed E-state index contributed by atoms with van der Waals surface area (Å²) in [6, 6.07) is 0. The number of carbonyl (C=O) groups is 1. The molecule has 0 bridgehead atoms. The van der Waals surface area contributed by atoms with Crippen LogP contribution in [0.3, 0.4) is 0 Å². The van der Waals surface area contributed by atoms with Crippen LogP contribution in [0.4, 0.5) is 5.69 Å². The summed E-state index contributed by atoms with van der Waals surface area (Å²) < 4.78 is 1.42. The molecule has 94 valence electrons. The van der Waals surface area contributed by atoms with Gasteiger partial charge in [-0.1, -0.05) is 0 Å². The summed E-state index contributed by atoms with van der Waals surface area (Å²) in [7, 11) is 1.64. The van der Waals surface area contributed by atoms with Gasteiger partial charge < -0.3 is 20.8 Å². The Balaban J connectivity index is 2.26. The SMILES string of the molecule is Cc1nn(C)c(C(=O)N2CC(O)C(O)C2)c1N. The number of amides is 1. The Labute approximate surface area is 98.4 Å². The van der Waals surface area contributed by atoms with Gasteiger partial charge in [-0.3, -0.25) is 9.48 Å². The van der Waals surface area contributed by atoms with E-state index in [1.54, 1.807) is 14.0 Å². The van der Waals surface area contributed by atoms with E-state index >= 15 is 0 Å². The zero-order valence-electron chi connectivity index (χ0n) is 9.79. The number of aliphatic hydroxyl groups is 2. The number of aromatic nitrogens is 2. The van der Waals surface area contributed by atoms with E-state index in [-0.39, 0.29) is 19.0 Å². The Bertz CT molecular complexity index is 447. The highest BCUT2D eigenvalue weighted by Crippen LogP contribution is 2.20. The summed E-state index contributed by atoms with van der Waals surface area (Å²) in [6.45, 7) is 1.95. The van der Waals surface area contributed by atoms with Crippen LogP contribution in [-0.2, 0) is 7.05 Å². The lowest BCUT2D eigenvalue weighted by Crippen LogP contribution is -2.31. The maximum Gasteiger partial charge on any atom is 0.274 e. The van der Waals surface area contributed by atoms with Crippen LogP contribution >= 0.6 is 0 Å². The van der Waals surface area contributed by atoms with Crippen LogP contribution in [0.25, 0.3) is 0 Å². The number of hydrogen-bond donors (Lipinski definition) is 3. The number of likely N-dealkylation sites (tertiary alicyclic amines) is 1. The molecule has 0 radical (unpaired) electrons. The monoisotopic (exact) mass is 240 g/mol. The first-order valence-electron chi connectivity index (χ1n) is 5.36. The predicted octanol–water partition coefficient (Wildman–Crippen LogP) is -1.51. The lowest BCUT2D eigenvalue weighted by Gasteiger charge is -2.15. The normalized spacial score (nSPS) is 24.4. The fourth-order valence-electron chi connectivity index (χ4n) is 2.01. The number of carbonyl (C=O) groups excluding carboxylic acids is 1. The summed E-state index contributed by atoms with van der Waals surface area (Å²) in [5, 5.41) is 22.9. The van der Waals surface area contributed by atoms with E-state index in [0.717, 1.165) is 0 Å². The molecule has 1 aliphatic heterocycles. The van der Waals surface area contributed by atoms with Gasteiger partial charge in [-0.2, -0.15) is 5.10 Å². The highest BCUT2D eigenvalue weighted by Gasteiger charge is 2.35. The number of nitrogens with zero attached hydrogens (tertiary/aromatic N) is 3. The molecule has 0 aromatic carbocycles. The third-order valence-corrected chi connectivity index (χ3v) is 3.02. The van der Waals surface area contributed by atoms with Crippen LogP contribution in [0, 0.1) is 6.92 Å². The fourth-order valence-corrected chi connectivity index (χ4v) is 2.01. The molecule has 4 N–H and O–H groups in total. The van der Waals surface area contributed by atoms with Crippen LogP contribution in [0.2, 0.25) is 0 Å². The van der Waals surface area contributed by atoms with E-state index < -0.39 is 12.2 Å². The van der Waals surface area contributed by atoms with Crippen LogP contribution in [-0.4, -0.2) is 56.1 Å². The maximum absolute atomic E-state index is 12.2. The Kier molecular flexibility index (Phi) is 2.80. The molecule has 0 spiro atoms. The molecule has 2 rings (SSSR count). The molecule has 0 aliphatic carbocycles. The Morgan fingerprint density at radius 2 is 1.94 bits per heavy atom. The van der Waals surface area contributed by atoms with Crippen LogP contribution in [0.5, 0.6) is 0 Å². The molecular formula is C10H16N4O3. The third-order valence-electron chi connectivity index (χ3n) is 3.02. The number of aliphatic hydroxyl groups excluding tert-OH is 2. The molecule has 1 amide bonds. The third kappa shape index (κ3) is 1.87. The van der Waals surface area contributed by atoms with Crippen molar-refractivity contribution in [3.8, 4) is 0 Å². The van der Waals surface area contributed by atoms with Gasteiger partial charge in [-0.25, -0.2) is 0 Å². The fraction of sp³-hybridized carbons (Fsp3) is 0.600. The second kappa shape index (κ2) is 4.01. The van der Waals surface area contributed by atoms with E-state index in [1.807, 2.05) is 0 Å². The Morgan fingerprint density at radius 3 is 2.35 bits per heavy atom. The molecule has 1 saturated heterocycles. The van der Waals surface area contributed by atoms with Crippen molar-refractivity contribution in [3.63, 3.8) is 0 Å². The van der Waals surface area contributed by atoms with Crippen molar-refractivity contribution in [1.82, 2.24) is 14.7 Å². The van der Waals surface area contributed by atoms with Gasteiger partial charge >= 0.3 is 0 Å². The number of aryl methyl sites for hydroxylation is 2. The molecule has 17 heavy (non-hydrogen) atoms. The summed E-state index contributed by atoms with van der Waals surface area (Å²) in [6.07, 6.45) is -1.79. The van der Waals surface area contributed by atoms with Gasteiger partial charge in [0.05, 0.1) is 23.6 Å². The maximum atomic E-state index is 12.2. The van der Waals surface area contributed by atoms with Crippen LogP contribution < -0.4 is 5.73 Å². The summed E-state index contributed by atoms with van der Waals surface area (Å²) in [4.78, 5) is 13.5. The van der Waals surface area contributed by atoms with Crippen molar-refractivity contribution in [3.05, 3.63) is 11.4 Å². The largest absolute Gasteiger partial charge is 0.395 e. The topological polar surface area (TPSA) is 105 Å². The first-order chi connectivity index (χ1) is 7.91. The first kappa shape index (κ1) is 11.9. The van der Waals surface area contributed by atoms with Crippen LogP contribution in [0.1, 0.15) is 16.2 Å². The zero-order chi connectivity index (χ0) is 12.7. The second-order valence-electron chi connectivity index (χ2n) is 4.32. The molecule has 2 heterocycles. The van der Waals surface area contributed by atoms with Gasteiger partial charge in [0, 0.05) is 20.1 Å². The van der Waals surface area contributed by atoms with Crippen molar-refractivity contribution in [1.29, 1.82) is 0 Å². The minimum absolute atomic E-state index is 0.115. The van der Waals surface area contributed by atoms with E-state index in [2.05, 4.69) is 5.10 Å². The van der Waals surface area contributed by atoms with E-state index in [1.165, 1.54) is 9.58 Å². The molecule has 0 saturated carbocycles. The molecule has 1 aromatic heterocycles.